The maximum absolute atomic E-state index is 11.9. The first-order chi connectivity index (χ1) is 8.29. The molecule has 1 amide bonds. The Labute approximate surface area is 107 Å². The topological polar surface area (TPSA) is 41.1 Å². The Morgan fingerprint density at radius 2 is 2.29 bits per heavy atom. The van der Waals surface area contributed by atoms with E-state index < -0.39 is 0 Å². The SMILES string of the molecule is CCc1ccc(CNC(=O)[C@H]2CCCCN2)s1. The third kappa shape index (κ3) is 3.54. The highest BCUT2D eigenvalue weighted by molar-refractivity contribution is 7.11. The lowest BCUT2D eigenvalue weighted by Gasteiger charge is -2.22. The molecule has 0 saturated carbocycles. The van der Waals surface area contributed by atoms with Gasteiger partial charge in [0.2, 0.25) is 5.91 Å². The molecule has 1 atom stereocenters. The van der Waals surface area contributed by atoms with Crippen LogP contribution in [0.15, 0.2) is 12.1 Å². The van der Waals surface area contributed by atoms with Crippen LogP contribution in [0.3, 0.4) is 0 Å². The summed E-state index contributed by atoms with van der Waals surface area (Å²) >= 11 is 1.79. The van der Waals surface area contributed by atoms with Crippen LogP contribution in [-0.2, 0) is 17.8 Å². The van der Waals surface area contributed by atoms with Crippen molar-refractivity contribution in [3.05, 3.63) is 21.9 Å². The molecule has 17 heavy (non-hydrogen) atoms. The first kappa shape index (κ1) is 12.6. The molecule has 0 aromatic carbocycles. The average molecular weight is 252 g/mol. The third-order valence-electron chi connectivity index (χ3n) is 3.13. The second-order valence-electron chi connectivity index (χ2n) is 4.44. The van der Waals surface area contributed by atoms with Gasteiger partial charge in [-0.05, 0) is 37.9 Å². The molecule has 0 bridgehead atoms. The van der Waals surface area contributed by atoms with Gasteiger partial charge in [-0.1, -0.05) is 13.3 Å². The molecular formula is C13H20N2OS. The predicted molar refractivity (Wildman–Crippen MR) is 71.2 cm³/mol. The fraction of sp³-hybridized carbons (Fsp3) is 0.615. The van der Waals surface area contributed by atoms with Crippen LogP contribution in [-0.4, -0.2) is 18.5 Å². The Balaban J connectivity index is 1.78. The largest absolute Gasteiger partial charge is 0.350 e. The van der Waals surface area contributed by atoms with Crippen molar-refractivity contribution in [3.63, 3.8) is 0 Å². The van der Waals surface area contributed by atoms with Crippen molar-refractivity contribution in [2.75, 3.05) is 6.54 Å². The number of hydrogen-bond acceptors (Lipinski definition) is 3. The van der Waals surface area contributed by atoms with Crippen LogP contribution < -0.4 is 10.6 Å². The summed E-state index contributed by atoms with van der Waals surface area (Å²) in [6.07, 6.45) is 4.39. The molecule has 0 radical (unpaired) electrons. The van der Waals surface area contributed by atoms with E-state index in [4.69, 9.17) is 0 Å². The minimum absolute atomic E-state index is 0.0226. The summed E-state index contributed by atoms with van der Waals surface area (Å²) in [4.78, 5) is 14.5. The number of rotatable bonds is 4. The summed E-state index contributed by atoms with van der Waals surface area (Å²) in [6, 6.07) is 4.28. The van der Waals surface area contributed by atoms with Crippen LogP contribution in [0.4, 0.5) is 0 Å². The highest BCUT2D eigenvalue weighted by Gasteiger charge is 2.19. The molecule has 1 saturated heterocycles. The summed E-state index contributed by atoms with van der Waals surface area (Å²) < 4.78 is 0. The lowest BCUT2D eigenvalue weighted by atomic mass is 10.0. The number of aryl methyl sites for hydroxylation is 1. The van der Waals surface area contributed by atoms with Crippen molar-refractivity contribution in [2.24, 2.45) is 0 Å². The molecule has 0 spiro atoms. The Morgan fingerprint density at radius 3 is 2.94 bits per heavy atom. The molecular weight excluding hydrogens is 232 g/mol. The molecule has 1 aliphatic heterocycles. The molecule has 4 heteroatoms. The molecule has 0 unspecified atom stereocenters. The van der Waals surface area contributed by atoms with Crippen LogP contribution in [0.1, 0.15) is 35.9 Å². The quantitative estimate of drug-likeness (QED) is 0.861. The minimum Gasteiger partial charge on any atom is -0.350 e. The van der Waals surface area contributed by atoms with E-state index in [1.54, 1.807) is 11.3 Å². The third-order valence-corrected chi connectivity index (χ3v) is 4.36. The van der Waals surface area contributed by atoms with E-state index in [1.165, 1.54) is 16.2 Å². The maximum Gasteiger partial charge on any atom is 0.237 e. The van der Waals surface area contributed by atoms with Gasteiger partial charge in [0.25, 0.3) is 0 Å². The Kier molecular flexibility index (Phi) is 4.57. The predicted octanol–water partition coefficient (Wildman–Crippen LogP) is 2.07. The fourth-order valence-corrected chi connectivity index (χ4v) is 2.98. The number of amides is 1. The first-order valence-electron chi connectivity index (χ1n) is 6.38. The summed E-state index contributed by atoms with van der Waals surface area (Å²) in [6.45, 7) is 3.79. The van der Waals surface area contributed by atoms with Crippen LogP contribution in [0, 0.1) is 0 Å². The van der Waals surface area contributed by atoms with E-state index in [-0.39, 0.29) is 11.9 Å². The van der Waals surface area contributed by atoms with Crippen LogP contribution in [0.2, 0.25) is 0 Å². The first-order valence-corrected chi connectivity index (χ1v) is 7.20. The fourth-order valence-electron chi connectivity index (χ4n) is 2.08. The zero-order chi connectivity index (χ0) is 12.1. The van der Waals surface area contributed by atoms with Crippen LogP contribution in [0.5, 0.6) is 0 Å². The second-order valence-corrected chi connectivity index (χ2v) is 5.69. The number of piperidine rings is 1. The molecule has 1 fully saturated rings. The summed E-state index contributed by atoms with van der Waals surface area (Å²) in [5.74, 6) is 0.149. The van der Waals surface area contributed by atoms with E-state index in [9.17, 15) is 4.79 Å². The zero-order valence-corrected chi connectivity index (χ0v) is 11.1. The van der Waals surface area contributed by atoms with Crippen molar-refractivity contribution in [1.82, 2.24) is 10.6 Å². The number of carbonyl (C=O) groups is 1. The highest BCUT2D eigenvalue weighted by Crippen LogP contribution is 2.16. The van der Waals surface area contributed by atoms with Gasteiger partial charge in [0, 0.05) is 9.75 Å². The van der Waals surface area contributed by atoms with Gasteiger partial charge in [-0.3, -0.25) is 4.79 Å². The lowest BCUT2D eigenvalue weighted by molar-refractivity contribution is -0.123. The molecule has 0 aliphatic carbocycles. The molecule has 94 valence electrons. The van der Waals surface area contributed by atoms with Gasteiger partial charge in [0.1, 0.15) is 0 Å². The van der Waals surface area contributed by atoms with Gasteiger partial charge in [0.15, 0.2) is 0 Å². The van der Waals surface area contributed by atoms with Crippen LogP contribution >= 0.6 is 11.3 Å². The lowest BCUT2D eigenvalue weighted by Crippen LogP contribution is -2.46. The van der Waals surface area contributed by atoms with Gasteiger partial charge in [-0.15, -0.1) is 11.3 Å². The zero-order valence-electron chi connectivity index (χ0n) is 10.3. The Bertz CT molecular complexity index is 369. The monoisotopic (exact) mass is 252 g/mol. The van der Waals surface area contributed by atoms with E-state index >= 15 is 0 Å². The van der Waals surface area contributed by atoms with E-state index in [1.807, 2.05) is 0 Å². The number of carbonyl (C=O) groups excluding carboxylic acids is 1. The van der Waals surface area contributed by atoms with Crippen molar-refractivity contribution in [1.29, 1.82) is 0 Å². The average Bonchev–Trinajstić information content (AvgIpc) is 2.85. The van der Waals surface area contributed by atoms with E-state index in [0.29, 0.717) is 6.54 Å². The Morgan fingerprint density at radius 1 is 1.47 bits per heavy atom. The normalized spacial score (nSPS) is 20.2. The van der Waals surface area contributed by atoms with Crippen molar-refractivity contribution in [2.45, 2.75) is 45.2 Å². The Hall–Kier alpha value is -0.870. The number of thiophene rings is 1. The smallest absolute Gasteiger partial charge is 0.237 e. The number of hydrogen-bond donors (Lipinski definition) is 2. The van der Waals surface area contributed by atoms with E-state index in [0.717, 1.165) is 25.8 Å². The van der Waals surface area contributed by atoms with Crippen molar-refractivity contribution >= 4 is 17.2 Å². The molecule has 1 aliphatic rings. The molecule has 2 heterocycles. The highest BCUT2D eigenvalue weighted by atomic mass is 32.1. The van der Waals surface area contributed by atoms with Gasteiger partial charge in [-0.25, -0.2) is 0 Å². The van der Waals surface area contributed by atoms with Crippen molar-refractivity contribution in [3.8, 4) is 0 Å². The van der Waals surface area contributed by atoms with Gasteiger partial charge < -0.3 is 10.6 Å². The van der Waals surface area contributed by atoms with Crippen LogP contribution in [0.25, 0.3) is 0 Å². The summed E-state index contributed by atoms with van der Waals surface area (Å²) in [7, 11) is 0. The summed E-state index contributed by atoms with van der Waals surface area (Å²) in [5, 5.41) is 6.28. The van der Waals surface area contributed by atoms with E-state index in [2.05, 4.69) is 29.7 Å². The standard InChI is InChI=1S/C13H20N2OS/c1-2-10-6-7-11(17-10)9-15-13(16)12-5-3-4-8-14-12/h6-7,12,14H,2-5,8-9H2,1H3,(H,15,16)/t12-/m1/s1. The van der Waals surface area contributed by atoms with Crippen molar-refractivity contribution < 1.29 is 4.79 Å². The van der Waals surface area contributed by atoms with Gasteiger partial charge in [-0.2, -0.15) is 0 Å². The molecule has 2 rings (SSSR count). The van der Waals surface area contributed by atoms with Gasteiger partial charge in [0.05, 0.1) is 12.6 Å². The second kappa shape index (κ2) is 6.17. The molecule has 2 N–H and O–H groups in total. The molecule has 1 aromatic heterocycles. The van der Waals surface area contributed by atoms with Gasteiger partial charge >= 0.3 is 0 Å². The maximum atomic E-state index is 11.9. The molecule has 1 aromatic rings. The summed E-state index contributed by atoms with van der Waals surface area (Å²) in [5.41, 5.74) is 0. The number of nitrogens with one attached hydrogen (secondary N) is 2. The molecule has 3 nitrogen and oxygen atoms in total. The minimum atomic E-state index is 0.0226.